The summed E-state index contributed by atoms with van der Waals surface area (Å²) in [6.45, 7) is 5.80. The second kappa shape index (κ2) is 17.0. The van der Waals surface area contributed by atoms with E-state index in [2.05, 4.69) is 34.3 Å². The minimum absolute atomic E-state index is 0.101. The number of aryl methyl sites for hydroxylation is 1. The summed E-state index contributed by atoms with van der Waals surface area (Å²) in [5.41, 5.74) is 3.80. The number of benzene rings is 2. The molecule has 1 aliphatic heterocycles. The number of nitrogens with zero attached hydrogens (tertiary/aromatic N) is 1. The molecule has 4 rings (SSSR count). The Morgan fingerprint density at radius 2 is 1.84 bits per heavy atom. The van der Waals surface area contributed by atoms with Crippen molar-refractivity contribution < 1.29 is 28.2 Å². The molecule has 5 N–H and O–H groups in total. The first-order valence-electron chi connectivity index (χ1n) is 14.5. The molecule has 0 aliphatic carbocycles. The topological polar surface area (TPSA) is 148 Å². The highest BCUT2D eigenvalue weighted by Crippen LogP contribution is 2.28. The van der Waals surface area contributed by atoms with Gasteiger partial charge < -0.3 is 26.2 Å². The summed E-state index contributed by atoms with van der Waals surface area (Å²) in [6.07, 6.45) is 2.02. The second-order valence-electron chi connectivity index (χ2n) is 10.2. The van der Waals surface area contributed by atoms with Crippen LogP contribution in [0, 0.1) is 0 Å². The molecular weight excluding hydrogens is 588 g/mol. The van der Waals surface area contributed by atoms with Gasteiger partial charge in [-0.1, -0.05) is 37.3 Å². The summed E-state index contributed by atoms with van der Waals surface area (Å²) in [5.74, 6) is -0.259. The number of rotatable bonds is 13. The standard InChI is InChI=1S/C30H40N4O4S2.CH2O2/c1-3-22-14-27(39-21-22)19-31-20-29(35)28(15-23-10-6-5-7-11-23)33-30(36)24-16-25(32-4-2)18-26(17-24)34-12-8-9-13-40(34,37)38;2-1-3/h5-7,10-11,14,16-18,21,28-29,31-32,35H,3-4,8-9,12-13,15,19-20H2,1-2H3,(H,33,36);1H,(H,2,3)/t28-,29+;/m0./s1. The van der Waals surface area contributed by atoms with Gasteiger partial charge in [0, 0.05) is 42.3 Å². The molecule has 1 aliphatic rings. The van der Waals surface area contributed by atoms with Crippen LogP contribution in [0.25, 0.3) is 0 Å². The Kier molecular flexibility index (Phi) is 13.5. The predicted octanol–water partition coefficient (Wildman–Crippen LogP) is 3.86. The van der Waals surface area contributed by atoms with Crippen LogP contribution in [0.4, 0.5) is 11.4 Å². The zero-order chi connectivity index (χ0) is 31.2. The predicted molar refractivity (Wildman–Crippen MR) is 172 cm³/mol. The summed E-state index contributed by atoms with van der Waals surface area (Å²) < 4.78 is 27.0. The van der Waals surface area contributed by atoms with Gasteiger partial charge in [0.25, 0.3) is 12.4 Å². The molecule has 1 amide bonds. The number of nitrogens with one attached hydrogen (secondary N) is 3. The molecule has 0 bridgehead atoms. The zero-order valence-corrected chi connectivity index (χ0v) is 26.3. The monoisotopic (exact) mass is 630 g/mol. The molecule has 1 fully saturated rings. The van der Waals surface area contributed by atoms with Gasteiger partial charge in [-0.3, -0.25) is 13.9 Å². The maximum atomic E-state index is 13.6. The van der Waals surface area contributed by atoms with Gasteiger partial charge in [-0.15, -0.1) is 11.3 Å². The summed E-state index contributed by atoms with van der Waals surface area (Å²) in [5, 5.41) is 29.8. The van der Waals surface area contributed by atoms with E-state index in [1.165, 1.54) is 14.7 Å². The van der Waals surface area contributed by atoms with Crippen molar-refractivity contribution in [2.45, 2.75) is 58.2 Å². The number of carbonyl (C=O) groups excluding carboxylic acids is 1. The smallest absolute Gasteiger partial charge is 0.290 e. The molecule has 10 nitrogen and oxygen atoms in total. The van der Waals surface area contributed by atoms with Crippen LogP contribution in [-0.4, -0.2) is 68.5 Å². The Bertz CT molecular complexity index is 1410. The van der Waals surface area contributed by atoms with Crippen LogP contribution in [-0.2, 0) is 34.2 Å². The van der Waals surface area contributed by atoms with Gasteiger partial charge in [-0.2, -0.15) is 0 Å². The van der Waals surface area contributed by atoms with Gasteiger partial charge in [0.05, 0.1) is 23.6 Å². The largest absolute Gasteiger partial charge is 0.483 e. The molecule has 0 unspecified atom stereocenters. The van der Waals surface area contributed by atoms with E-state index in [1.54, 1.807) is 29.5 Å². The second-order valence-corrected chi connectivity index (χ2v) is 13.3. The van der Waals surface area contributed by atoms with E-state index in [9.17, 15) is 18.3 Å². The highest BCUT2D eigenvalue weighted by Gasteiger charge is 2.28. The van der Waals surface area contributed by atoms with Crippen molar-refractivity contribution in [3.05, 3.63) is 81.5 Å². The average molecular weight is 631 g/mol. The minimum atomic E-state index is -3.44. The normalized spacial score (nSPS) is 15.5. The molecule has 2 heterocycles. The van der Waals surface area contributed by atoms with Crippen LogP contribution in [0.15, 0.2) is 60.0 Å². The SMILES string of the molecule is CCNc1cc(C(=O)N[C@@H](Cc2ccccc2)[C@H](O)CNCc2cc(CC)cs2)cc(N2CCCCS2(=O)=O)c1.O=CO. The van der Waals surface area contributed by atoms with E-state index in [1.807, 2.05) is 37.3 Å². The lowest BCUT2D eigenvalue weighted by Gasteiger charge is -2.29. The summed E-state index contributed by atoms with van der Waals surface area (Å²) >= 11 is 1.70. The lowest BCUT2D eigenvalue weighted by Crippen LogP contribution is -2.48. The number of hydrogen-bond donors (Lipinski definition) is 5. The Hall–Kier alpha value is -3.45. The first-order chi connectivity index (χ1) is 20.7. The van der Waals surface area contributed by atoms with E-state index in [0.717, 1.165) is 18.4 Å². The van der Waals surface area contributed by atoms with E-state index >= 15 is 0 Å². The number of aliphatic hydroxyl groups excluding tert-OH is 1. The Labute approximate surface area is 258 Å². The fourth-order valence-corrected chi connectivity index (χ4v) is 7.43. The molecule has 1 aromatic heterocycles. The highest BCUT2D eigenvalue weighted by molar-refractivity contribution is 7.92. The van der Waals surface area contributed by atoms with E-state index in [-0.39, 0.29) is 18.1 Å². The van der Waals surface area contributed by atoms with Crippen molar-refractivity contribution in [3.63, 3.8) is 0 Å². The van der Waals surface area contributed by atoms with Crippen molar-refractivity contribution in [3.8, 4) is 0 Å². The number of carboxylic acid groups (broad SMARTS) is 1. The molecule has 0 spiro atoms. The molecule has 0 radical (unpaired) electrons. The van der Waals surface area contributed by atoms with Crippen LogP contribution in [0.3, 0.4) is 0 Å². The van der Waals surface area contributed by atoms with Crippen molar-refractivity contribution in [1.29, 1.82) is 0 Å². The van der Waals surface area contributed by atoms with Gasteiger partial charge in [-0.25, -0.2) is 8.42 Å². The van der Waals surface area contributed by atoms with Gasteiger partial charge in [0.2, 0.25) is 10.0 Å². The van der Waals surface area contributed by atoms with Crippen LogP contribution in [0.2, 0.25) is 0 Å². The van der Waals surface area contributed by atoms with Crippen molar-refractivity contribution in [1.82, 2.24) is 10.6 Å². The molecule has 43 heavy (non-hydrogen) atoms. The number of hydrogen-bond acceptors (Lipinski definition) is 8. The molecule has 2 atom stereocenters. The Morgan fingerprint density at radius 1 is 1.09 bits per heavy atom. The number of amides is 1. The fourth-order valence-electron chi connectivity index (χ4n) is 4.86. The molecule has 3 aromatic rings. The van der Waals surface area contributed by atoms with Crippen molar-refractivity contribution in [2.24, 2.45) is 0 Å². The fraction of sp³-hybridized carbons (Fsp3) is 0.419. The van der Waals surface area contributed by atoms with E-state index < -0.39 is 22.2 Å². The molecule has 1 saturated heterocycles. The number of thiophene rings is 1. The Balaban J connectivity index is 0.00000162. The molecule has 2 aromatic carbocycles. The van der Waals surface area contributed by atoms with Crippen LogP contribution in [0.1, 0.15) is 53.1 Å². The first-order valence-corrected chi connectivity index (χ1v) is 17.0. The van der Waals surface area contributed by atoms with Crippen molar-refractivity contribution >= 4 is 45.1 Å². The van der Waals surface area contributed by atoms with Gasteiger partial charge in [-0.05, 0) is 73.4 Å². The van der Waals surface area contributed by atoms with E-state index in [4.69, 9.17) is 9.90 Å². The van der Waals surface area contributed by atoms with Gasteiger partial charge >= 0.3 is 0 Å². The average Bonchev–Trinajstić information content (AvgIpc) is 3.45. The maximum absolute atomic E-state index is 13.6. The first kappa shape index (κ1) is 34.0. The van der Waals surface area contributed by atoms with Crippen LogP contribution in [0.5, 0.6) is 0 Å². The number of carbonyl (C=O) groups is 2. The summed E-state index contributed by atoms with van der Waals surface area (Å²) in [4.78, 5) is 23.2. The van der Waals surface area contributed by atoms with Crippen molar-refractivity contribution in [2.75, 3.05) is 35.0 Å². The minimum Gasteiger partial charge on any atom is -0.483 e. The molecule has 12 heteroatoms. The Morgan fingerprint density at radius 3 is 2.49 bits per heavy atom. The number of aliphatic hydroxyl groups is 1. The molecule has 234 valence electrons. The third kappa shape index (κ3) is 10.3. The summed E-state index contributed by atoms with van der Waals surface area (Å²) in [6, 6.07) is 16.5. The lowest BCUT2D eigenvalue weighted by molar-refractivity contribution is -0.122. The highest BCUT2D eigenvalue weighted by atomic mass is 32.2. The van der Waals surface area contributed by atoms with Crippen LogP contribution < -0.4 is 20.3 Å². The molecular formula is C31H42N4O6S2. The van der Waals surface area contributed by atoms with Gasteiger partial charge in [0.1, 0.15) is 0 Å². The lowest BCUT2D eigenvalue weighted by atomic mass is 10.00. The van der Waals surface area contributed by atoms with Crippen LogP contribution >= 0.6 is 11.3 Å². The molecule has 0 saturated carbocycles. The summed E-state index contributed by atoms with van der Waals surface area (Å²) in [7, 11) is -3.44. The maximum Gasteiger partial charge on any atom is 0.290 e. The quantitative estimate of drug-likeness (QED) is 0.179. The van der Waals surface area contributed by atoms with E-state index in [0.29, 0.717) is 56.0 Å². The third-order valence-electron chi connectivity index (χ3n) is 7.05. The zero-order valence-electron chi connectivity index (χ0n) is 24.7. The number of sulfonamides is 1. The third-order valence-corrected chi connectivity index (χ3v) is 9.90. The number of anilines is 2. The van der Waals surface area contributed by atoms with Gasteiger partial charge in [0.15, 0.2) is 0 Å².